The topological polar surface area (TPSA) is 54.5 Å². The van der Waals surface area contributed by atoms with Gasteiger partial charge in [-0.15, -0.1) is 11.3 Å². The van der Waals surface area contributed by atoms with Crippen LogP contribution in [0.3, 0.4) is 0 Å². The van der Waals surface area contributed by atoms with E-state index in [1.54, 1.807) is 30.8 Å². The van der Waals surface area contributed by atoms with Gasteiger partial charge in [-0.25, -0.2) is 9.78 Å². The minimum Gasteiger partial charge on any atom is -0.492 e. The number of ether oxygens (including phenoxy) is 1. The van der Waals surface area contributed by atoms with Crippen molar-refractivity contribution >= 4 is 34.1 Å². The predicted octanol–water partition coefficient (Wildman–Crippen LogP) is 3.34. The summed E-state index contributed by atoms with van der Waals surface area (Å²) in [6.07, 6.45) is 1.64. The smallest absolute Gasteiger partial charge is 0.323 e. The molecule has 106 valence electrons. The van der Waals surface area contributed by atoms with Crippen LogP contribution in [0, 0.1) is 0 Å². The van der Waals surface area contributed by atoms with Gasteiger partial charge in [0.2, 0.25) is 0 Å². The standard InChI is InChI=1S/C13H14ClN3O2S/c1-17(13(18)16-12-15-5-8-20-12)6-7-19-11-4-2-3-10(14)9-11/h2-5,8-9H,6-7H2,1H3,(H,15,16,18). The van der Waals surface area contributed by atoms with Gasteiger partial charge in [0.25, 0.3) is 0 Å². The van der Waals surface area contributed by atoms with Crippen LogP contribution in [0.4, 0.5) is 9.93 Å². The summed E-state index contributed by atoms with van der Waals surface area (Å²) in [7, 11) is 1.70. The zero-order chi connectivity index (χ0) is 14.4. The van der Waals surface area contributed by atoms with Crippen LogP contribution in [0.15, 0.2) is 35.8 Å². The highest BCUT2D eigenvalue weighted by atomic mass is 35.5. The molecule has 0 unspecified atom stereocenters. The molecule has 0 bridgehead atoms. The van der Waals surface area contributed by atoms with Crippen molar-refractivity contribution in [1.82, 2.24) is 9.88 Å². The fourth-order valence-corrected chi connectivity index (χ4v) is 2.13. The van der Waals surface area contributed by atoms with Crippen LogP contribution in [0.25, 0.3) is 0 Å². The molecule has 0 saturated heterocycles. The summed E-state index contributed by atoms with van der Waals surface area (Å²) < 4.78 is 5.52. The number of carbonyl (C=O) groups excluding carboxylic acids is 1. The van der Waals surface area contributed by atoms with Gasteiger partial charge in [0.15, 0.2) is 5.13 Å². The van der Waals surface area contributed by atoms with Gasteiger partial charge < -0.3 is 9.64 Å². The number of halogens is 1. The monoisotopic (exact) mass is 311 g/mol. The Hall–Kier alpha value is -1.79. The first-order chi connectivity index (χ1) is 9.65. The summed E-state index contributed by atoms with van der Waals surface area (Å²) in [5.74, 6) is 0.686. The third-order valence-electron chi connectivity index (χ3n) is 2.48. The third-order valence-corrected chi connectivity index (χ3v) is 3.41. The molecule has 0 radical (unpaired) electrons. The van der Waals surface area contributed by atoms with Crippen LogP contribution in [0.1, 0.15) is 0 Å². The van der Waals surface area contributed by atoms with Gasteiger partial charge in [-0.1, -0.05) is 17.7 Å². The lowest BCUT2D eigenvalue weighted by Gasteiger charge is -2.17. The lowest BCUT2D eigenvalue weighted by molar-refractivity contribution is 0.207. The SMILES string of the molecule is CN(CCOc1cccc(Cl)c1)C(=O)Nc1nccs1. The predicted molar refractivity (Wildman–Crippen MR) is 80.7 cm³/mol. The van der Waals surface area contributed by atoms with Crippen LogP contribution in [0.2, 0.25) is 5.02 Å². The Kier molecular flexibility index (Phi) is 5.20. The Bertz CT molecular complexity index is 563. The molecule has 1 heterocycles. The van der Waals surface area contributed by atoms with E-state index in [-0.39, 0.29) is 6.03 Å². The second-order valence-corrected chi connectivity index (χ2v) is 5.33. The summed E-state index contributed by atoms with van der Waals surface area (Å²) in [5.41, 5.74) is 0. The van der Waals surface area contributed by atoms with Crippen molar-refractivity contribution in [3.05, 3.63) is 40.9 Å². The van der Waals surface area contributed by atoms with Gasteiger partial charge >= 0.3 is 6.03 Å². The molecule has 7 heteroatoms. The lowest BCUT2D eigenvalue weighted by Crippen LogP contribution is -2.34. The Morgan fingerprint density at radius 1 is 1.55 bits per heavy atom. The van der Waals surface area contributed by atoms with Crippen molar-refractivity contribution in [2.45, 2.75) is 0 Å². The molecular formula is C13H14ClN3O2S. The number of hydrogen-bond donors (Lipinski definition) is 1. The highest BCUT2D eigenvalue weighted by Gasteiger charge is 2.09. The zero-order valence-electron chi connectivity index (χ0n) is 10.9. The molecule has 0 fully saturated rings. The average Bonchev–Trinajstić information content (AvgIpc) is 2.91. The summed E-state index contributed by atoms with van der Waals surface area (Å²) >= 11 is 7.23. The van der Waals surface area contributed by atoms with E-state index < -0.39 is 0 Å². The van der Waals surface area contributed by atoms with Crippen LogP contribution in [-0.2, 0) is 0 Å². The van der Waals surface area contributed by atoms with Crippen molar-refractivity contribution in [2.24, 2.45) is 0 Å². The number of carbonyl (C=O) groups is 1. The van der Waals surface area contributed by atoms with Crippen molar-refractivity contribution in [2.75, 3.05) is 25.5 Å². The van der Waals surface area contributed by atoms with E-state index >= 15 is 0 Å². The molecule has 1 N–H and O–H groups in total. The van der Waals surface area contributed by atoms with E-state index in [1.165, 1.54) is 16.2 Å². The van der Waals surface area contributed by atoms with Crippen molar-refractivity contribution < 1.29 is 9.53 Å². The first-order valence-electron chi connectivity index (χ1n) is 5.95. The number of thiazole rings is 1. The van der Waals surface area contributed by atoms with Gasteiger partial charge in [-0.2, -0.15) is 0 Å². The largest absolute Gasteiger partial charge is 0.492 e. The number of benzene rings is 1. The summed E-state index contributed by atoms with van der Waals surface area (Å²) in [6, 6.07) is 6.94. The minimum absolute atomic E-state index is 0.213. The normalized spacial score (nSPS) is 10.1. The number of aromatic nitrogens is 1. The molecule has 5 nitrogen and oxygen atoms in total. The first kappa shape index (κ1) is 14.6. The van der Waals surface area contributed by atoms with E-state index in [4.69, 9.17) is 16.3 Å². The summed E-state index contributed by atoms with van der Waals surface area (Å²) in [4.78, 5) is 17.3. The number of urea groups is 1. The molecule has 1 aromatic carbocycles. The number of likely N-dealkylation sites (N-methyl/N-ethyl adjacent to an activating group) is 1. The summed E-state index contributed by atoms with van der Waals surface area (Å²) in [6.45, 7) is 0.853. The highest BCUT2D eigenvalue weighted by molar-refractivity contribution is 7.13. The molecule has 0 spiro atoms. The quantitative estimate of drug-likeness (QED) is 0.921. The number of anilines is 1. The van der Waals surface area contributed by atoms with Gasteiger partial charge in [0.05, 0.1) is 6.54 Å². The first-order valence-corrected chi connectivity index (χ1v) is 7.21. The number of amides is 2. The van der Waals surface area contributed by atoms with Gasteiger partial charge in [0.1, 0.15) is 12.4 Å². The van der Waals surface area contributed by atoms with E-state index in [0.717, 1.165) is 0 Å². The fraction of sp³-hybridized carbons (Fsp3) is 0.231. The van der Waals surface area contributed by atoms with Crippen LogP contribution in [0.5, 0.6) is 5.75 Å². The van der Waals surface area contributed by atoms with Crippen molar-refractivity contribution in [3.63, 3.8) is 0 Å². The molecule has 0 atom stereocenters. The van der Waals surface area contributed by atoms with Gasteiger partial charge in [-0.05, 0) is 18.2 Å². The average molecular weight is 312 g/mol. The minimum atomic E-state index is -0.213. The van der Waals surface area contributed by atoms with Crippen LogP contribution >= 0.6 is 22.9 Å². The maximum atomic E-state index is 11.8. The second-order valence-electron chi connectivity index (χ2n) is 3.99. The number of nitrogens with zero attached hydrogens (tertiary/aromatic N) is 2. The molecule has 2 aromatic rings. The molecule has 20 heavy (non-hydrogen) atoms. The Balaban J connectivity index is 1.74. The van der Waals surface area contributed by atoms with E-state index in [9.17, 15) is 4.79 Å². The molecule has 0 aliphatic rings. The molecule has 2 rings (SSSR count). The number of hydrogen-bond acceptors (Lipinski definition) is 4. The highest BCUT2D eigenvalue weighted by Crippen LogP contribution is 2.17. The zero-order valence-corrected chi connectivity index (χ0v) is 12.4. The van der Waals surface area contributed by atoms with Crippen LogP contribution < -0.4 is 10.1 Å². The maximum absolute atomic E-state index is 11.8. The maximum Gasteiger partial charge on any atom is 0.323 e. The van der Waals surface area contributed by atoms with Crippen molar-refractivity contribution in [3.8, 4) is 5.75 Å². The molecule has 0 aliphatic heterocycles. The number of rotatable bonds is 5. The van der Waals surface area contributed by atoms with Crippen molar-refractivity contribution in [1.29, 1.82) is 0 Å². The lowest BCUT2D eigenvalue weighted by atomic mass is 10.3. The molecular weight excluding hydrogens is 298 g/mol. The fourth-order valence-electron chi connectivity index (χ4n) is 1.43. The molecule has 2 amide bonds. The number of nitrogens with one attached hydrogen (secondary N) is 1. The van der Waals surface area contributed by atoms with Crippen LogP contribution in [-0.4, -0.2) is 36.1 Å². The van der Waals surface area contributed by atoms with E-state index in [2.05, 4.69) is 10.3 Å². The molecule has 0 aliphatic carbocycles. The molecule has 0 saturated carbocycles. The summed E-state index contributed by atoms with van der Waals surface area (Å²) in [5, 5.41) is 5.70. The Morgan fingerprint density at radius 3 is 3.10 bits per heavy atom. The Morgan fingerprint density at radius 2 is 2.40 bits per heavy atom. The Labute approximate surface area is 126 Å². The third kappa shape index (κ3) is 4.40. The van der Waals surface area contributed by atoms with Gasteiger partial charge in [0, 0.05) is 23.6 Å². The van der Waals surface area contributed by atoms with E-state index in [1.807, 2.05) is 12.1 Å². The molecule has 1 aromatic heterocycles. The second kappa shape index (κ2) is 7.12. The van der Waals surface area contributed by atoms with E-state index in [0.29, 0.717) is 29.1 Å². The van der Waals surface area contributed by atoms with Gasteiger partial charge in [-0.3, -0.25) is 5.32 Å².